The Morgan fingerprint density at radius 2 is 1.92 bits per heavy atom. The molecule has 3 rings (SSSR count). The zero-order valence-corrected chi connectivity index (χ0v) is 14.4. The number of para-hydroxylation sites is 1. The van der Waals surface area contributed by atoms with E-state index in [9.17, 15) is 4.79 Å². The van der Waals surface area contributed by atoms with Crippen LogP contribution in [0.25, 0.3) is 5.69 Å². The van der Waals surface area contributed by atoms with Gasteiger partial charge >= 0.3 is 0 Å². The van der Waals surface area contributed by atoms with E-state index < -0.39 is 0 Å². The van der Waals surface area contributed by atoms with Gasteiger partial charge in [-0.2, -0.15) is 5.10 Å². The van der Waals surface area contributed by atoms with Gasteiger partial charge in [0.25, 0.3) is 0 Å². The fourth-order valence-electron chi connectivity index (χ4n) is 2.22. The van der Waals surface area contributed by atoms with Gasteiger partial charge in [0.1, 0.15) is 0 Å². The van der Waals surface area contributed by atoms with Gasteiger partial charge in [-0.25, -0.2) is 4.68 Å². The summed E-state index contributed by atoms with van der Waals surface area (Å²) in [7, 11) is 0. The van der Waals surface area contributed by atoms with E-state index in [1.807, 2.05) is 60.8 Å². The van der Waals surface area contributed by atoms with Crippen LogP contribution >= 0.6 is 23.4 Å². The Kier molecular flexibility index (Phi) is 5.56. The molecule has 0 spiro atoms. The first-order valence-corrected chi connectivity index (χ1v) is 8.82. The molecule has 1 amide bonds. The highest BCUT2D eigenvalue weighted by Crippen LogP contribution is 2.20. The van der Waals surface area contributed by atoms with Crippen LogP contribution in [0.5, 0.6) is 0 Å². The van der Waals surface area contributed by atoms with E-state index in [-0.39, 0.29) is 5.91 Å². The summed E-state index contributed by atoms with van der Waals surface area (Å²) < 4.78 is 1.80. The lowest BCUT2D eigenvalue weighted by Crippen LogP contribution is -2.25. The molecule has 1 N–H and O–H groups in total. The van der Waals surface area contributed by atoms with Gasteiger partial charge < -0.3 is 5.32 Å². The average molecular weight is 358 g/mol. The molecule has 0 fully saturated rings. The summed E-state index contributed by atoms with van der Waals surface area (Å²) in [5.41, 5.74) is 1.99. The molecule has 0 radical (unpaired) electrons. The molecular weight excluding hydrogens is 342 g/mol. The third kappa shape index (κ3) is 4.40. The van der Waals surface area contributed by atoms with E-state index in [1.165, 1.54) is 11.8 Å². The Labute approximate surface area is 149 Å². The number of amides is 1. The molecule has 1 heterocycles. The van der Waals surface area contributed by atoms with Crippen molar-refractivity contribution in [3.8, 4) is 5.69 Å². The smallest absolute Gasteiger partial charge is 0.230 e. The Hall–Kier alpha value is -2.24. The molecule has 122 valence electrons. The van der Waals surface area contributed by atoms with Crippen LogP contribution in [-0.2, 0) is 11.3 Å². The maximum atomic E-state index is 12.1. The third-order valence-electron chi connectivity index (χ3n) is 3.40. The third-order valence-corrected chi connectivity index (χ3v) is 4.67. The van der Waals surface area contributed by atoms with E-state index in [1.54, 1.807) is 10.9 Å². The lowest BCUT2D eigenvalue weighted by atomic mass is 10.2. The highest BCUT2D eigenvalue weighted by Gasteiger charge is 2.07. The Morgan fingerprint density at radius 3 is 2.67 bits per heavy atom. The van der Waals surface area contributed by atoms with Gasteiger partial charge in [0.05, 0.1) is 11.4 Å². The van der Waals surface area contributed by atoms with Gasteiger partial charge in [0, 0.05) is 28.9 Å². The number of benzene rings is 2. The van der Waals surface area contributed by atoms with Crippen LogP contribution < -0.4 is 5.32 Å². The number of nitrogens with one attached hydrogen (secondary N) is 1. The van der Waals surface area contributed by atoms with Crippen LogP contribution in [-0.4, -0.2) is 21.4 Å². The molecule has 3 aromatic rings. The maximum Gasteiger partial charge on any atom is 0.230 e. The number of nitrogens with zero attached hydrogens (tertiary/aromatic N) is 2. The summed E-state index contributed by atoms with van der Waals surface area (Å²) in [5, 5.41) is 7.90. The van der Waals surface area contributed by atoms with Crippen molar-refractivity contribution in [1.29, 1.82) is 0 Å². The topological polar surface area (TPSA) is 46.9 Å². The van der Waals surface area contributed by atoms with Crippen LogP contribution in [0, 0.1) is 0 Å². The summed E-state index contributed by atoms with van der Waals surface area (Å²) >= 11 is 7.34. The van der Waals surface area contributed by atoms with Crippen LogP contribution in [0.4, 0.5) is 0 Å². The average Bonchev–Trinajstić information content (AvgIpc) is 3.14. The van der Waals surface area contributed by atoms with Crippen molar-refractivity contribution in [2.24, 2.45) is 0 Å². The van der Waals surface area contributed by atoms with E-state index in [0.717, 1.165) is 16.1 Å². The first-order valence-electron chi connectivity index (χ1n) is 7.45. The Bertz CT molecular complexity index is 803. The Morgan fingerprint density at radius 1 is 1.12 bits per heavy atom. The largest absolute Gasteiger partial charge is 0.351 e. The van der Waals surface area contributed by atoms with E-state index in [0.29, 0.717) is 17.3 Å². The number of thioether (sulfide) groups is 1. The molecule has 0 aliphatic heterocycles. The van der Waals surface area contributed by atoms with Gasteiger partial charge in [-0.3, -0.25) is 4.79 Å². The lowest BCUT2D eigenvalue weighted by Gasteiger charge is -2.10. The SMILES string of the molecule is O=C(CSc1ccc(Cl)cc1)NCc1ccccc1-n1cccn1. The first kappa shape index (κ1) is 16.6. The maximum absolute atomic E-state index is 12.1. The molecule has 0 aliphatic carbocycles. The van der Waals surface area contributed by atoms with Gasteiger partial charge in [-0.15, -0.1) is 11.8 Å². The predicted octanol–water partition coefficient (Wildman–Crippen LogP) is 3.93. The second kappa shape index (κ2) is 8.04. The molecule has 4 nitrogen and oxygen atoms in total. The number of halogens is 1. The predicted molar refractivity (Wildman–Crippen MR) is 97.6 cm³/mol. The zero-order chi connectivity index (χ0) is 16.8. The molecular formula is C18H16ClN3OS. The van der Waals surface area contributed by atoms with Crippen molar-refractivity contribution in [3.63, 3.8) is 0 Å². The second-order valence-electron chi connectivity index (χ2n) is 5.10. The monoisotopic (exact) mass is 357 g/mol. The normalized spacial score (nSPS) is 10.5. The highest BCUT2D eigenvalue weighted by atomic mass is 35.5. The van der Waals surface area contributed by atoms with Gasteiger partial charge in [-0.05, 0) is 42.0 Å². The second-order valence-corrected chi connectivity index (χ2v) is 6.58. The van der Waals surface area contributed by atoms with E-state index in [4.69, 9.17) is 11.6 Å². The number of rotatable bonds is 6. The summed E-state index contributed by atoms with van der Waals surface area (Å²) in [6, 6.07) is 17.2. The number of carbonyl (C=O) groups excluding carboxylic acids is 1. The van der Waals surface area contributed by atoms with E-state index >= 15 is 0 Å². The Balaban J connectivity index is 1.56. The summed E-state index contributed by atoms with van der Waals surface area (Å²) in [6.45, 7) is 0.468. The molecule has 0 atom stereocenters. The van der Waals surface area contributed by atoms with Gasteiger partial charge in [0.2, 0.25) is 5.91 Å². The van der Waals surface area contributed by atoms with Crippen LogP contribution in [0.2, 0.25) is 5.02 Å². The van der Waals surface area contributed by atoms with Crippen molar-refractivity contribution in [2.45, 2.75) is 11.4 Å². The number of hydrogen-bond acceptors (Lipinski definition) is 3. The minimum atomic E-state index is -0.00906. The zero-order valence-electron chi connectivity index (χ0n) is 12.9. The lowest BCUT2D eigenvalue weighted by molar-refractivity contribution is -0.118. The van der Waals surface area contributed by atoms with Crippen molar-refractivity contribution in [3.05, 3.63) is 77.6 Å². The molecule has 0 unspecified atom stereocenters. The standard InChI is InChI=1S/C18H16ClN3OS/c19-15-6-8-16(9-7-15)24-13-18(23)20-12-14-4-1-2-5-17(14)22-11-3-10-21-22/h1-11H,12-13H2,(H,20,23). The van der Waals surface area contributed by atoms with Crippen molar-refractivity contribution >= 4 is 29.3 Å². The molecule has 1 aromatic heterocycles. The molecule has 0 bridgehead atoms. The summed E-state index contributed by atoms with van der Waals surface area (Å²) in [5.74, 6) is 0.358. The first-order chi connectivity index (χ1) is 11.7. The molecule has 24 heavy (non-hydrogen) atoms. The van der Waals surface area contributed by atoms with E-state index in [2.05, 4.69) is 10.4 Å². The fourth-order valence-corrected chi connectivity index (χ4v) is 3.07. The quantitative estimate of drug-likeness (QED) is 0.680. The van der Waals surface area contributed by atoms with Crippen molar-refractivity contribution < 1.29 is 4.79 Å². The minimum Gasteiger partial charge on any atom is -0.351 e. The highest BCUT2D eigenvalue weighted by molar-refractivity contribution is 8.00. The molecule has 0 saturated carbocycles. The van der Waals surface area contributed by atoms with Gasteiger partial charge in [0.15, 0.2) is 0 Å². The summed E-state index contributed by atoms with van der Waals surface area (Å²) in [6.07, 6.45) is 3.62. The number of aromatic nitrogens is 2. The fraction of sp³-hybridized carbons (Fsp3) is 0.111. The molecule has 6 heteroatoms. The summed E-state index contributed by atoms with van der Waals surface area (Å²) in [4.78, 5) is 13.1. The molecule has 0 saturated heterocycles. The minimum absolute atomic E-state index is 0.00906. The number of hydrogen-bond donors (Lipinski definition) is 1. The molecule has 2 aromatic carbocycles. The number of carbonyl (C=O) groups is 1. The van der Waals surface area contributed by atoms with Gasteiger partial charge in [-0.1, -0.05) is 29.8 Å². The van der Waals surface area contributed by atoms with Crippen LogP contribution in [0.1, 0.15) is 5.56 Å². The van der Waals surface area contributed by atoms with Crippen LogP contribution in [0.15, 0.2) is 71.9 Å². The molecule has 0 aliphatic rings. The van der Waals surface area contributed by atoms with Crippen molar-refractivity contribution in [1.82, 2.24) is 15.1 Å². The van der Waals surface area contributed by atoms with Crippen molar-refractivity contribution in [2.75, 3.05) is 5.75 Å². The van der Waals surface area contributed by atoms with Crippen LogP contribution in [0.3, 0.4) is 0 Å².